The van der Waals surface area contributed by atoms with E-state index >= 15 is 0 Å². The quantitative estimate of drug-likeness (QED) is 0.875. The number of rotatable bonds is 3. The standard InChI is InChI=1S/C14H24N4/c1-11-8-13(17(2)16-11)9-18-7-3-6-15-14(10-18)12-4-5-12/h8,12,14-15H,3-7,9-10H2,1-2H3. The van der Waals surface area contributed by atoms with Gasteiger partial charge in [-0.05, 0) is 51.3 Å². The lowest BCUT2D eigenvalue weighted by atomic mass is 10.2. The average Bonchev–Trinajstić information content (AvgIpc) is 3.10. The minimum absolute atomic E-state index is 0.724. The van der Waals surface area contributed by atoms with Gasteiger partial charge in [-0.25, -0.2) is 0 Å². The summed E-state index contributed by atoms with van der Waals surface area (Å²) in [6.45, 7) is 6.71. The molecule has 1 atom stereocenters. The van der Waals surface area contributed by atoms with Crippen molar-refractivity contribution in [2.24, 2.45) is 13.0 Å². The van der Waals surface area contributed by atoms with E-state index in [1.165, 1.54) is 44.6 Å². The van der Waals surface area contributed by atoms with Crippen LogP contribution in [0.3, 0.4) is 0 Å². The van der Waals surface area contributed by atoms with Crippen molar-refractivity contribution >= 4 is 0 Å². The lowest BCUT2D eigenvalue weighted by molar-refractivity contribution is 0.245. The zero-order chi connectivity index (χ0) is 12.5. The van der Waals surface area contributed by atoms with E-state index in [0.717, 1.165) is 24.2 Å². The predicted molar refractivity (Wildman–Crippen MR) is 72.4 cm³/mol. The summed E-state index contributed by atoms with van der Waals surface area (Å²) in [5.41, 5.74) is 2.46. The van der Waals surface area contributed by atoms with E-state index in [-0.39, 0.29) is 0 Å². The molecule has 0 spiro atoms. The average molecular weight is 248 g/mol. The van der Waals surface area contributed by atoms with Gasteiger partial charge in [0.1, 0.15) is 0 Å². The van der Waals surface area contributed by atoms with Gasteiger partial charge in [-0.2, -0.15) is 5.10 Å². The molecular weight excluding hydrogens is 224 g/mol. The summed E-state index contributed by atoms with van der Waals surface area (Å²) in [5, 5.41) is 8.16. The van der Waals surface area contributed by atoms with Crippen LogP contribution in [-0.2, 0) is 13.6 Å². The Morgan fingerprint density at radius 2 is 2.28 bits per heavy atom. The van der Waals surface area contributed by atoms with E-state index in [2.05, 4.69) is 35.4 Å². The summed E-state index contributed by atoms with van der Waals surface area (Å²) < 4.78 is 2.03. The normalized spacial score (nSPS) is 26.2. The van der Waals surface area contributed by atoms with Gasteiger partial charge in [-0.15, -0.1) is 0 Å². The Morgan fingerprint density at radius 3 is 2.94 bits per heavy atom. The Hall–Kier alpha value is -0.870. The molecule has 1 aliphatic carbocycles. The molecule has 1 aromatic heterocycles. The molecule has 2 heterocycles. The molecule has 1 unspecified atom stereocenters. The van der Waals surface area contributed by atoms with Gasteiger partial charge in [0, 0.05) is 26.2 Å². The fourth-order valence-electron chi connectivity index (χ4n) is 3.02. The lowest BCUT2D eigenvalue weighted by Crippen LogP contribution is -2.39. The molecule has 1 N–H and O–H groups in total. The highest BCUT2D eigenvalue weighted by Crippen LogP contribution is 2.33. The number of nitrogens with zero attached hydrogens (tertiary/aromatic N) is 3. The van der Waals surface area contributed by atoms with Crippen molar-refractivity contribution in [1.82, 2.24) is 20.0 Å². The second-order valence-electron chi connectivity index (χ2n) is 5.89. The molecule has 0 bridgehead atoms. The van der Waals surface area contributed by atoms with E-state index in [9.17, 15) is 0 Å². The summed E-state index contributed by atoms with van der Waals surface area (Å²) in [7, 11) is 2.05. The molecular formula is C14H24N4. The van der Waals surface area contributed by atoms with Crippen LogP contribution in [0, 0.1) is 12.8 Å². The first-order chi connectivity index (χ1) is 8.72. The van der Waals surface area contributed by atoms with Crippen molar-refractivity contribution in [1.29, 1.82) is 0 Å². The van der Waals surface area contributed by atoms with E-state index in [0.29, 0.717) is 0 Å². The molecule has 1 aliphatic heterocycles. The molecule has 1 saturated carbocycles. The predicted octanol–water partition coefficient (Wildman–Crippen LogP) is 1.30. The molecule has 1 aromatic rings. The number of hydrogen-bond donors (Lipinski definition) is 1. The molecule has 1 saturated heterocycles. The highest BCUT2D eigenvalue weighted by Gasteiger charge is 2.33. The topological polar surface area (TPSA) is 33.1 Å². The molecule has 0 amide bonds. The van der Waals surface area contributed by atoms with Crippen LogP contribution in [0.4, 0.5) is 0 Å². The molecule has 2 aliphatic rings. The van der Waals surface area contributed by atoms with Crippen molar-refractivity contribution in [2.75, 3.05) is 19.6 Å². The first kappa shape index (κ1) is 12.2. The maximum atomic E-state index is 4.44. The summed E-state index contributed by atoms with van der Waals surface area (Å²) in [4.78, 5) is 2.60. The van der Waals surface area contributed by atoms with E-state index < -0.39 is 0 Å². The number of hydrogen-bond acceptors (Lipinski definition) is 3. The molecule has 4 heteroatoms. The van der Waals surface area contributed by atoms with Gasteiger partial charge in [-0.3, -0.25) is 9.58 Å². The number of aryl methyl sites for hydroxylation is 2. The van der Waals surface area contributed by atoms with Crippen LogP contribution in [0.15, 0.2) is 6.07 Å². The van der Waals surface area contributed by atoms with E-state index in [4.69, 9.17) is 0 Å². The van der Waals surface area contributed by atoms with Crippen molar-refractivity contribution < 1.29 is 0 Å². The van der Waals surface area contributed by atoms with Gasteiger partial charge in [0.2, 0.25) is 0 Å². The van der Waals surface area contributed by atoms with Crippen LogP contribution in [0.25, 0.3) is 0 Å². The smallest absolute Gasteiger partial charge is 0.0597 e. The number of aromatic nitrogens is 2. The first-order valence-corrected chi connectivity index (χ1v) is 7.17. The third kappa shape index (κ3) is 2.75. The van der Waals surface area contributed by atoms with Crippen molar-refractivity contribution in [2.45, 2.75) is 38.8 Å². The summed E-state index contributed by atoms with van der Waals surface area (Å²) in [6, 6.07) is 2.94. The zero-order valence-corrected chi connectivity index (χ0v) is 11.5. The first-order valence-electron chi connectivity index (χ1n) is 7.17. The number of nitrogens with one attached hydrogen (secondary N) is 1. The molecule has 18 heavy (non-hydrogen) atoms. The minimum Gasteiger partial charge on any atom is -0.312 e. The van der Waals surface area contributed by atoms with Gasteiger partial charge in [0.05, 0.1) is 11.4 Å². The summed E-state index contributed by atoms with van der Waals surface area (Å²) in [6.07, 6.45) is 4.12. The monoisotopic (exact) mass is 248 g/mol. The third-order valence-corrected chi connectivity index (χ3v) is 4.19. The van der Waals surface area contributed by atoms with Crippen molar-refractivity contribution in [3.63, 3.8) is 0 Å². The molecule has 2 fully saturated rings. The van der Waals surface area contributed by atoms with Crippen molar-refractivity contribution in [3.05, 3.63) is 17.5 Å². The van der Waals surface area contributed by atoms with Gasteiger partial charge < -0.3 is 5.32 Å². The Kier molecular flexibility index (Phi) is 3.39. The molecule has 4 nitrogen and oxygen atoms in total. The molecule has 0 radical (unpaired) electrons. The molecule has 3 rings (SSSR count). The Bertz CT molecular complexity index is 408. The summed E-state index contributed by atoms with van der Waals surface area (Å²) in [5.74, 6) is 0.943. The van der Waals surface area contributed by atoms with Gasteiger partial charge in [-0.1, -0.05) is 0 Å². The fourth-order valence-corrected chi connectivity index (χ4v) is 3.02. The second-order valence-corrected chi connectivity index (χ2v) is 5.89. The van der Waals surface area contributed by atoms with Gasteiger partial charge >= 0.3 is 0 Å². The Labute approximate surface area is 109 Å². The summed E-state index contributed by atoms with van der Waals surface area (Å²) >= 11 is 0. The van der Waals surface area contributed by atoms with Crippen LogP contribution in [0.5, 0.6) is 0 Å². The largest absolute Gasteiger partial charge is 0.312 e. The SMILES string of the molecule is Cc1cc(CN2CCCNC(C3CC3)C2)n(C)n1. The Balaban J connectivity index is 1.65. The van der Waals surface area contributed by atoms with Crippen LogP contribution < -0.4 is 5.32 Å². The van der Waals surface area contributed by atoms with Gasteiger partial charge in [0.25, 0.3) is 0 Å². The van der Waals surface area contributed by atoms with E-state index in [1.807, 2.05) is 4.68 Å². The van der Waals surface area contributed by atoms with Crippen LogP contribution in [0.1, 0.15) is 30.7 Å². The van der Waals surface area contributed by atoms with Gasteiger partial charge in [0.15, 0.2) is 0 Å². The highest BCUT2D eigenvalue weighted by molar-refractivity contribution is 5.08. The van der Waals surface area contributed by atoms with Crippen molar-refractivity contribution in [3.8, 4) is 0 Å². The minimum atomic E-state index is 0.724. The molecule has 100 valence electrons. The highest BCUT2D eigenvalue weighted by atomic mass is 15.3. The maximum absolute atomic E-state index is 4.44. The van der Waals surface area contributed by atoms with Crippen LogP contribution in [-0.4, -0.2) is 40.4 Å². The van der Waals surface area contributed by atoms with Crippen LogP contribution >= 0.6 is 0 Å². The Morgan fingerprint density at radius 1 is 1.44 bits per heavy atom. The fraction of sp³-hybridized carbons (Fsp3) is 0.786. The zero-order valence-electron chi connectivity index (χ0n) is 11.5. The third-order valence-electron chi connectivity index (χ3n) is 4.19. The maximum Gasteiger partial charge on any atom is 0.0597 e. The molecule has 0 aromatic carbocycles. The second kappa shape index (κ2) is 5.02. The lowest BCUT2D eigenvalue weighted by Gasteiger charge is -2.24. The van der Waals surface area contributed by atoms with E-state index in [1.54, 1.807) is 0 Å². The van der Waals surface area contributed by atoms with Crippen LogP contribution in [0.2, 0.25) is 0 Å².